The molecule has 0 spiro atoms. The summed E-state index contributed by atoms with van der Waals surface area (Å²) in [5, 5.41) is 3.85. The lowest BCUT2D eigenvalue weighted by Crippen LogP contribution is -2.45. The van der Waals surface area contributed by atoms with Crippen molar-refractivity contribution in [3.05, 3.63) is 110 Å². The molecule has 0 saturated heterocycles. The van der Waals surface area contributed by atoms with E-state index in [1.807, 2.05) is 30.3 Å². The normalized spacial score (nSPS) is 18.5. The first-order valence-corrected chi connectivity index (χ1v) is 17.7. The lowest BCUT2D eigenvalue weighted by Gasteiger charge is -2.38. The highest BCUT2D eigenvalue weighted by molar-refractivity contribution is 7.93. The molecule has 1 N–H and O–H groups in total. The molecule has 0 radical (unpaired) electrons. The molecule has 0 aliphatic heterocycles. The highest BCUT2D eigenvalue weighted by Gasteiger charge is 2.34. The molecule has 0 bridgehead atoms. The molecule has 1 aliphatic rings. The fraction of sp³-hybridized carbons (Fsp3) is 0.371. The number of carbonyl (C=O) groups excluding carboxylic acids is 1. The first kappa shape index (κ1) is 33.8. The Hall–Kier alpha value is -3.53. The Bertz CT molecular complexity index is 1890. The highest BCUT2D eigenvalue weighted by Crippen LogP contribution is 2.36. The Morgan fingerprint density at radius 1 is 1.02 bits per heavy atom. The summed E-state index contributed by atoms with van der Waals surface area (Å²) in [6.45, 7) is 6.16. The van der Waals surface area contributed by atoms with Gasteiger partial charge in [-0.2, -0.15) is 0 Å². The second-order valence-electron chi connectivity index (χ2n) is 12.5. The van der Waals surface area contributed by atoms with E-state index in [1.165, 1.54) is 29.9 Å². The minimum absolute atomic E-state index is 0.00997. The zero-order chi connectivity index (χ0) is 33.3. The fourth-order valence-corrected chi connectivity index (χ4v) is 8.40. The van der Waals surface area contributed by atoms with Crippen molar-refractivity contribution >= 4 is 44.8 Å². The van der Waals surface area contributed by atoms with Crippen molar-refractivity contribution in [3.8, 4) is 5.69 Å². The first-order chi connectivity index (χ1) is 21.8. The van der Waals surface area contributed by atoms with E-state index in [2.05, 4.69) is 19.2 Å². The summed E-state index contributed by atoms with van der Waals surface area (Å²) in [6, 6.07) is 21.0. The van der Waals surface area contributed by atoms with E-state index in [1.54, 1.807) is 42.9 Å². The van der Waals surface area contributed by atoms with Gasteiger partial charge < -0.3 is 5.32 Å². The number of nitrogens with one attached hydrogen (secondary N) is 1. The average Bonchev–Trinajstić information content (AvgIpc) is 3.25. The van der Waals surface area contributed by atoms with Crippen LogP contribution in [0.3, 0.4) is 0 Å². The standard InChI is InChI=1S/C35H40Cl2N4O4S/c1-22(2)25-14-18-31(27(20-25)19-24-11-15-28(36)16-12-24)38-34(42)26-13-17-30(37)32(21-26)46(44,45)40(5)33-23(3)39(4)41(35(33)43)29-9-7-6-8-10-29/h6-13,15-17,21-22,25,27,31H,14,18-20H2,1-5H3,(H,38,42). The molecule has 1 saturated carbocycles. The van der Waals surface area contributed by atoms with E-state index < -0.39 is 15.6 Å². The van der Waals surface area contributed by atoms with Crippen LogP contribution in [0.4, 0.5) is 5.69 Å². The maximum absolute atomic E-state index is 14.0. The van der Waals surface area contributed by atoms with Crippen molar-refractivity contribution < 1.29 is 13.2 Å². The summed E-state index contributed by atoms with van der Waals surface area (Å²) in [5.41, 5.74) is 1.88. The molecule has 1 aromatic heterocycles. The minimum Gasteiger partial charge on any atom is -0.349 e. The van der Waals surface area contributed by atoms with Gasteiger partial charge in [-0.25, -0.2) is 13.1 Å². The van der Waals surface area contributed by atoms with E-state index in [0.29, 0.717) is 28.2 Å². The molecular weight excluding hydrogens is 643 g/mol. The van der Waals surface area contributed by atoms with Crippen LogP contribution in [0.15, 0.2) is 82.5 Å². The van der Waals surface area contributed by atoms with Gasteiger partial charge in [0.25, 0.3) is 21.5 Å². The topological polar surface area (TPSA) is 93.4 Å². The Morgan fingerprint density at radius 3 is 2.35 bits per heavy atom. The number of hydrogen-bond donors (Lipinski definition) is 1. The number of para-hydroxylation sites is 1. The number of halogens is 2. The third-order valence-corrected chi connectivity index (χ3v) is 11.9. The molecule has 1 heterocycles. The van der Waals surface area contributed by atoms with Crippen LogP contribution in [0, 0.1) is 24.7 Å². The second-order valence-corrected chi connectivity index (χ2v) is 15.3. The van der Waals surface area contributed by atoms with Crippen molar-refractivity contribution in [3.63, 3.8) is 0 Å². The van der Waals surface area contributed by atoms with Gasteiger partial charge in [0.2, 0.25) is 0 Å². The minimum atomic E-state index is -4.33. The first-order valence-electron chi connectivity index (χ1n) is 15.5. The number of benzene rings is 3. The number of carbonyl (C=O) groups is 1. The maximum Gasteiger partial charge on any atom is 0.296 e. The van der Waals surface area contributed by atoms with E-state index in [4.69, 9.17) is 23.2 Å². The summed E-state index contributed by atoms with van der Waals surface area (Å²) in [5.74, 6) is 0.935. The number of amides is 1. The zero-order valence-corrected chi connectivity index (χ0v) is 29.0. The predicted octanol–water partition coefficient (Wildman–Crippen LogP) is 7.03. The van der Waals surface area contributed by atoms with Crippen molar-refractivity contribution in [2.75, 3.05) is 11.4 Å². The van der Waals surface area contributed by atoms with Crippen LogP contribution in [0.5, 0.6) is 0 Å². The number of sulfonamides is 1. The summed E-state index contributed by atoms with van der Waals surface area (Å²) in [4.78, 5) is 27.0. The Kier molecular flexibility index (Phi) is 10.1. The van der Waals surface area contributed by atoms with E-state index in [-0.39, 0.29) is 39.0 Å². The van der Waals surface area contributed by atoms with Gasteiger partial charge in [0.05, 0.1) is 16.4 Å². The quantitative estimate of drug-likeness (QED) is 0.205. The monoisotopic (exact) mass is 682 g/mol. The third kappa shape index (κ3) is 6.77. The Labute approximate surface area is 281 Å². The molecule has 244 valence electrons. The van der Waals surface area contributed by atoms with E-state index in [0.717, 1.165) is 35.6 Å². The molecule has 1 amide bonds. The molecule has 3 unspecified atom stereocenters. The van der Waals surface area contributed by atoms with Gasteiger partial charge in [-0.1, -0.05) is 67.4 Å². The molecule has 4 aromatic rings. The largest absolute Gasteiger partial charge is 0.349 e. The van der Waals surface area contributed by atoms with E-state index >= 15 is 0 Å². The Morgan fingerprint density at radius 2 is 1.70 bits per heavy atom. The van der Waals surface area contributed by atoms with Gasteiger partial charge in [-0.05, 0) is 98.4 Å². The average molecular weight is 684 g/mol. The van der Waals surface area contributed by atoms with Crippen molar-refractivity contribution in [2.24, 2.45) is 24.8 Å². The van der Waals surface area contributed by atoms with E-state index in [9.17, 15) is 18.0 Å². The van der Waals surface area contributed by atoms with Crippen molar-refractivity contribution in [2.45, 2.75) is 57.4 Å². The molecule has 5 rings (SSSR count). The molecule has 1 aliphatic carbocycles. The summed E-state index contributed by atoms with van der Waals surface area (Å²) < 4.78 is 32.0. The van der Waals surface area contributed by atoms with Crippen LogP contribution in [0.25, 0.3) is 5.69 Å². The SMILES string of the molecule is Cc1c(N(C)S(=O)(=O)c2cc(C(=O)NC3CCC(C(C)C)CC3Cc3ccc(Cl)cc3)ccc2Cl)c(=O)n(-c2ccccc2)n1C. The van der Waals surface area contributed by atoms with Crippen LogP contribution in [-0.2, 0) is 23.5 Å². The predicted molar refractivity (Wildman–Crippen MR) is 185 cm³/mol. The smallest absolute Gasteiger partial charge is 0.296 e. The summed E-state index contributed by atoms with van der Waals surface area (Å²) in [7, 11) is -1.31. The number of aromatic nitrogens is 2. The van der Waals surface area contributed by atoms with Gasteiger partial charge in [-0.15, -0.1) is 0 Å². The van der Waals surface area contributed by atoms with Gasteiger partial charge in [0, 0.05) is 30.7 Å². The molecule has 3 atom stereocenters. The van der Waals surface area contributed by atoms with Crippen molar-refractivity contribution in [1.29, 1.82) is 0 Å². The number of anilines is 1. The fourth-order valence-electron chi connectivity index (χ4n) is 6.52. The molecule has 8 nitrogen and oxygen atoms in total. The third-order valence-electron chi connectivity index (χ3n) is 9.36. The van der Waals surface area contributed by atoms with Crippen molar-refractivity contribution in [1.82, 2.24) is 14.7 Å². The lowest BCUT2D eigenvalue weighted by molar-refractivity contribution is 0.0876. The van der Waals surface area contributed by atoms with Gasteiger partial charge >= 0.3 is 0 Å². The highest BCUT2D eigenvalue weighted by atomic mass is 35.5. The Balaban J connectivity index is 1.42. The van der Waals surface area contributed by atoms with Gasteiger partial charge in [0.15, 0.2) is 0 Å². The van der Waals surface area contributed by atoms with Crippen LogP contribution in [0.2, 0.25) is 10.0 Å². The summed E-state index contributed by atoms with van der Waals surface area (Å²) >= 11 is 12.6. The number of hydrogen-bond acceptors (Lipinski definition) is 4. The van der Waals surface area contributed by atoms with Crippen LogP contribution in [-0.4, -0.2) is 36.8 Å². The van der Waals surface area contributed by atoms with Gasteiger partial charge in [-0.3, -0.25) is 18.6 Å². The maximum atomic E-state index is 14.0. The zero-order valence-electron chi connectivity index (χ0n) is 26.7. The molecule has 11 heteroatoms. The summed E-state index contributed by atoms with van der Waals surface area (Å²) in [6.07, 6.45) is 3.61. The number of rotatable bonds is 9. The molecule has 3 aromatic carbocycles. The second kappa shape index (κ2) is 13.7. The van der Waals surface area contributed by atoms with Crippen LogP contribution in [0.1, 0.15) is 54.7 Å². The van der Waals surface area contributed by atoms with Crippen LogP contribution < -0.4 is 15.2 Å². The number of nitrogens with zero attached hydrogens (tertiary/aromatic N) is 3. The molecule has 1 fully saturated rings. The molecule has 46 heavy (non-hydrogen) atoms. The van der Waals surface area contributed by atoms with Crippen LogP contribution >= 0.6 is 23.2 Å². The lowest BCUT2D eigenvalue weighted by atomic mass is 9.71. The van der Waals surface area contributed by atoms with Gasteiger partial charge in [0.1, 0.15) is 10.6 Å². The molecular formula is C35H40Cl2N4O4S.